The lowest BCUT2D eigenvalue weighted by Crippen LogP contribution is -2.29. The SMILES string of the molecule is CCOc1ccc(C(N)CC2CCNCC2)cc1C. The van der Waals surface area contributed by atoms with Gasteiger partial charge >= 0.3 is 0 Å². The van der Waals surface area contributed by atoms with E-state index in [-0.39, 0.29) is 6.04 Å². The second-order valence-corrected chi connectivity index (χ2v) is 5.49. The van der Waals surface area contributed by atoms with Crippen molar-refractivity contribution in [2.24, 2.45) is 11.7 Å². The summed E-state index contributed by atoms with van der Waals surface area (Å²) in [5.74, 6) is 1.74. The molecule has 0 saturated carbocycles. The molecule has 1 unspecified atom stereocenters. The Morgan fingerprint density at radius 1 is 1.37 bits per heavy atom. The van der Waals surface area contributed by atoms with Gasteiger partial charge in [-0.15, -0.1) is 0 Å². The van der Waals surface area contributed by atoms with Crippen LogP contribution in [0, 0.1) is 12.8 Å². The first-order chi connectivity index (χ1) is 9.20. The molecule has 3 nitrogen and oxygen atoms in total. The molecular formula is C16H26N2O. The van der Waals surface area contributed by atoms with Crippen molar-refractivity contribution >= 4 is 0 Å². The summed E-state index contributed by atoms with van der Waals surface area (Å²) in [5.41, 5.74) is 8.77. The van der Waals surface area contributed by atoms with E-state index in [2.05, 4.69) is 30.4 Å². The van der Waals surface area contributed by atoms with Crippen molar-refractivity contribution in [2.45, 2.75) is 39.2 Å². The average Bonchev–Trinajstić information content (AvgIpc) is 2.42. The summed E-state index contributed by atoms with van der Waals surface area (Å²) in [6.45, 7) is 7.09. The molecule has 19 heavy (non-hydrogen) atoms. The van der Waals surface area contributed by atoms with Gasteiger partial charge in [-0.1, -0.05) is 12.1 Å². The minimum Gasteiger partial charge on any atom is -0.494 e. The van der Waals surface area contributed by atoms with Gasteiger partial charge in [-0.25, -0.2) is 0 Å². The summed E-state index contributed by atoms with van der Waals surface area (Å²) >= 11 is 0. The summed E-state index contributed by atoms with van der Waals surface area (Å²) < 4.78 is 5.57. The van der Waals surface area contributed by atoms with E-state index in [1.807, 2.05) is 6.92 Å². The normalized spacial score (nSPS) is 18.3. The molecule has 0 aromatic heterocycles. The third kappa shape index (κ3) is 3.95. The Balaban J connectivity index is 1.98. The molecule has 0 aliphatic carbocycles. The number of hydrogen-bond acceptors (Lipinski definition) is 3. The number of nitrogens with one attached hydrogen (secondary N) is 1. The van der Waals surface area contributed by atoms with E-state index in [1.165, 1.54) is 24.0 Å². The van der Waals surface area contributed by atoms with Crippen LogP contribution < -0.4 is 15.8 Å². The van der Waals surface area contributed by atoms with Gasteiger partial charge in [-0.3, -0.25) is 0 Å². The van der Waals surface area contributed by atoms with Crippen molar-refractivity contribution in [2.75, 3.05) is 19.7 Å². The summed E-state index contributed by atoms with van der Waals surface area (Å²) in [6, 6.07) is 6.49. The molecule has 1 aromatic carbocycles. The molecule has 1 aliphatic heterocycles. The highest BCUT2D eigenvalue weighted by molar-refractivity contribution is 5.37. The third-order valence-corrected chi connectivity index (χ3v) is 3.97. The van der Waals surface area contributed by atoms with Gasteiger partial charge in [0.25, 0.3) is 0 Å². The van der Waals surface area contributed by atoms with Crippen LogP contribution in [0.5, 0.6) is 5.75 Å². The number of nitrogens with two attached hydrogens (primary N) is 1. The fourth-order valence-electron chi connectivity index (χ4n) is 2.83. The van der Waals surface area contributed by atoms with Crippen molar-refractivity contribution in [3.05, 3.63) is 29.3 Å². The van der Waals surface area contributed by atoms with Crippen LogP contribution >= 0.6 is 0 Å². The lowest BCUT2D eigenvalue weighted by molar-refractivity contribution is 0.331. The molecule has 1 aliphatic rings. The highest BCUT2D eigenvalue weighted by atomic mass is 16.5. The van der Waals surface area contributed by atoms with Gasteiger partial charge in [0.05, 0.1) is 6.61 Å². The number of aryl methyl sites for hydroxylation is 1. The van der Waals surface area contributed by atoms with Crippen LogP contribution in [0.2, 0.25) is 0 Å². The van der Waals surface area contributed by atoms with E-state index >= 15 is 0 Å². The molecule has 3 heteroatoms. The minimum atomic E-state index is 0.150. The number of benzene rings is 1. The lowest BCUT2D eigenvalue weighted by Gasteiger charge is -2.25. The maximum atomic E-state index is 6.36. The Hall–Kier alpha value is -1.06. The maximum absolute atomic E-state index is 6.36. The van der Waals surface area contributed by atoms with Gasteiger partial charge in [-0.05, 0) is 69.3 Å². The fraction of sp³-hybridized carbons (Fsp3) is 0.625. The molecule has 1 atom stereocenters. The summed E-state index contributed by atoms with van der Waals surface area (Å²) in [5, 5.41) is 3.40. The van der Waals surface area contributed by atoms with Crippen molar-refractivity contribution in [1.29, 1.82) is 0 Å². The largest absolute Gasteiger partial charge is 0.494 e. The fourth-order valence-corrected chi connectivity index (χ4v) is 2.83. The average molecular weight is 262 g/mol. The molecule has 0 bridgehead atoms. The van der Waals surface area contributed by atoms with Crippen LogP contribution in [0.1, 0.15) is 43.4 Å². The van der Waals surface area contributed by atoms with Gasteiger partial charge in [-0.2, -0.15) is 0 Å². The molecular weight excluding hydrogens is 236 g/mol. The topological polar surface area (TPSA) is 47.3 Å². The van der Waals surface area contributed by atoms with Crippen molar-refractivity contribution in [1.82, 2.24) is 5.32 Å². The highest BCUT2D eigenvalue weighted by Crippen LogP contribution is 2.27. The van der Waals surface area contributed by atoms with E-state index in [0.29, 0.717) is 6.61 Å². The first-order valence-corrected chi connectivity index (χ1v) is 7.40. The molecule has 1 aromatic rings. The Labute approximate surface area is 116 Å². The Bertz CT molecular complexity index is 400. The summed E-state index contributed by atoms with van der Waals surface area (Å²) in [7, 11) is 0. The van der Waals surface area contributed by atoms with Gasteiger partial charge < -0.3 is 15.8 Å². The van der Waals surface area contributed by atoms with E-state index in [0.717, 1.165) is 31.2 Å². The molecule has 0 radical (unpaired) electrons. The predicted octanol–water partition coefficient (Wildman–Crippen LogP) is 2.78. The molecule has 106 valence electrons. The number of hydrogen-bond donors (Lipinski definition) is 2. The molecule has 0 amide bonds. The summed E-state index contributed by atoms with van der Waals surface area (Å²) in [6.07, 6.45) is 3.60. The molecule has 2 rings (SSSR count). The van der Waals surface area contributed by atoms with Crippen molar-refractivity contribution < 1.29 is 4.74 Å². The monoisotopic (exact) mass is 262 g/mol. The quantitative estimate of drug-likeness (QED) is 0.858. The highest BCUT2D eigenvalue weighted by Gasteiger charge is 2.17. The predicted molar refractivity (Wildman–Crippen MR) is 79.5 cm³/mol. The molecule has 0 spiro atoms. The van der Waals surface area contributed by atoms with Gasteiger partial charge in [0.1, 0.15) is 5.75 Å². The second kappa shape index (κ2) is 6.92. The van der Waals surface area contributed by atoms with Gasteiger partial charge in [0.15, 0.2) is 0 Å². The summed E-state index contributed by atoms with van der Waals surface area (Å²) in [4.78, 5) is 0. The standard InChI is InChI=1S/C16H26N2O/c1-3-19-16-5-4-14(10-12(16)2)15(17)11-13-6-8-18-9-7-13/h4-5,10,13,15,18H,3,6-9,11,17H2,1-2H3. The maximum Gasteiger partial charge on any atom is 0.122 e. The van der Waals surface area contributed by atoms with E-state index < -0.39 is 0 Å². The van der Waals surface area contributed by atoms with Gasteiger partial charge in [0, 0.05) is 6.04 Å². The first kappa shape index (κ1) is 14.4. The smallest absolute Gasteiger partial charge is 0.122 e. The van der Waals surface area contributed by atoms with Crippen LogP contribution in [0.15, 0.2) is 18.2 Å². The molecule has 1 heterocycles. The van der Waals surface area contributed by atoms with Crippen molar-refractivity contribution in [3.63, 3.8) is 0 Å². The number of ether oxygens (including phenoxy) is 1. The third-order valence-electron chi connectivity index (χ3n) is 3.97. The van der Waals surface area contributed by atoms with Crippen LogP contribution in [0.25, 0.3) is 0 Å². The van der Waals surface area contributed by atoms with Crippen LogP contribution in [0.4, 0.5) is 0 Å². The zero-order valence-corrected chi connectivity index (χ0v) is 12.1. The Morgan fingerprint density at radius 2 is 2.11 bits per heavy atom. The second-order valence-electron chi connectivity index (χ2n) is 5.49. The molecule has 1 saturated heterocycles. The first-order valence-electron chi connectivity index (χ1n) is 7.40. The molecule has 1 fully saturated rings. The van der Waals surface area contributed by atoms with Crippen molar-refractivity contribution in [3.8, 4) is 5.75 Å². The Morgan fingerprint density at radius 3 is 2.74 bits per heavy atom. The van der Waals surface area contributed by atoms with Crippen LogP contribution in [-0.2, 0) is 0 Å². The zero-order chi connectivity index (χ0) is 13.7. The number of piperidine rings is 1. The van der Waals surface area contributed by atoms with E-state index in [4.69, 9.17) is 10.5 Å². The van der Waals surface area contributed by atoms with E-state index in [1.54, 1.807) is 0 Å². The number of rotatable bonds is 5. The zero-order valence-electron chi connectivity index (χ0n) is 12.1. The van der Waals surface area contributed by atoms with Gasteiger partial charge in [0.2, 0.25) is 0 Å². The van der Waals surface area contributed by atoms with Crippen LogP contribution in [0.3, 0.4) is 0 Å². The van der Waals surface area contributed by atoms with E-state index in [9.17, 15) is 0 Å². The minimum absolute atomic E-state index is 0.150. The van der Waals surface area contributed by atoms with Crippen LogP contribution in [-0.4, -0.2) is 19.7 Å². The lowest BCUT2D eigenvalue weighted by atomic mass is 9.88. The molecule has 3 N–H and O–H groups in total. The Kier molecular flexibility index (Phi) is 5.23.